The van der Waals surface area contributed by atoms with E-state index in [1.165, 1.54) is 11.1 Å². The summed E-state index contributed by atoms with van der Waals surface area (Å²) < 4.78 is 0. The molecule has 2 amide bonds. The Bertz CT molecular complexity index is 569. The van der Waals surface area contributed by atoms with Gasteiger partial charge in [-0.2, -0.15) is 0 Å². The Balaban J connectivity index is 1.36. The average molecular weight is 284 g/mol. The number of nitrogens with zero attached hydrogens (tertiary/aromatic N) is 1. The van der Waals surface area contributed by atoms with Gasteiger partial charge in [0.2, 0.25) is 11.8 Å². The van der Waals surface area contributed by atoms with Gasteiger partial charge < -0.3 is 10.2 Å². The summed E-state index contributed by atoms with van der Waals surface area (Å²) in [4.78, 5) is 26.2. The Morgan fingerprint density at radius 3 is 2.38 bits per heavy atom. The third-order valence-corrected chi connectivity index (χ3v) is 4.91. The first kappa shape index (κ1) is 12.9. The number of fused-ring (bicyclic) bond motifs is 1. The molecule has 21 heavy (non-hydrogen) atoms. The van der Waals surface area contributed by atoms with Crippen LogP contribution >= 0.6 is 0 Å². The first-order valence-corrected chi connectivity index (χ1v) is 7.87. The van der Waals surface area contributed by atoms with Crippen LogP contribution in [-0.4, -0.2) is 35.3 Å². The maximum absolute atomic E-state index is 12.4. The molecule has 1 saturated heterocycles. The number of nitrogens with one attached hydrogen (secondary N) is 1. The molecule has 1 aromatic carbocycles. The molecule has 4 rings (SSSR count). The SMILES string of the molecule is O=C(NC1Cc2ccccc2C1)[C@@H]1CC(=O)N(C2CC2)C1. The van der Waals surface area contributed by atoms with Gasteiger partial charge in [-0.1, -0.05) is 24.3 Å². The fourth-order valence-corrected chi connectivity index (χ4v) is 3.63. The van der Waals surface area contributed by atoms with Crippen molar-refractivity contribution in [1.29, 1.82) is 0 Å². The van der Waals surface area contributed by atoms with E-state index in [1.807, 2.05) is 17.0 Å². The van der Waals surface area contributed by atoms with Gasteiger partial charge >= 0.3 is 0 Å². The molecule has 110 valence electrons. The molecule has 4 heteroatoms. The largest absolute Gasteiger partial charge is 0.352 e. The number of carbonyl (C=O) groups excluding carboxylic acids is 2. The predicted molar refractivity (Wildman–Crippen MR) is 78.6 cm³/mol. The normalized spacial score (nSPS) is 25.2. The molecule has 0 aromatic heterocycles. The van der Waals surface area contributed by atoms with Gasteiger partial charge in [0.05, 0.1) is 5.92 Å². The molecule has 1 heterocycles. The van der Waals surface area contributed by atoms with E-state index in [1.54, 1.807) is 0 Å². The number of hydrogen-bond donors (Lipinski definition) is 1. The fraction of sp³-hybridized carbons (Fsp3) is 0.529. The lowest BCUT2D eigenvalue weighted by Gasteiger charge is -2.17. The molecule has 1 aromatic rings. The highest BCUT2D eigenvalue weighted by molar-refractivity contribution is 5.89. The van der Waals surface area contributed by atoms with Gasteiger partial charge in [-0.05, 0) is 36.8 Å². The summed E-state index contributed by atoms with van der Waals surface area (Å²) in [6.07, 6.45) is 4.43. The average Bonchev–Trinajstić information content (AvgIpc) is 3.11. The van der Waals surface area contributed by atoms with E-state index in [9.17, 15) is 9.59 Å². The second-order valence-electron chi connectivity index (χ2n) is 6.56. The van der Waals surface area contributed by atoms with Crippen LogP contribution in [0, 0.1) is 5.92 Å². The number of hydrogen-bond acceptors (Lipinski definition) is 2. The number of rotatable bonds is 3. The zero-order valence-electron chi connectivity index (χ0n) is 12.0. The van der Waals surface area contributed by atoms with Gasteiger partial charge in [-0.15, -0.1) is 0 Å². The van der Waals surface area contributed by atoms with Crippen LogP contribution in [0.25, 0.3) is 0 Å². The highest BCUT2D eigenvalue weighted by atomic mass is 16.2. The minimum Gasteiger partial charge on any atom is -0.352 e. The van der Waals surface area contributed by atoms with Crippen LogP contribution in [0.1, 0.15) is 30.4 Å². The maximum Gasteiger partial charge on any atom is 0.225 e. The number of carbonyl (C=O) groups is 2. The van der Waals surface area contributed by atoms with Crippen LogP contribution in [0.15, 0.2) is 24.3 Å². The first-order valence-electron chi connectivity index (χ1n) is 7.87. The lowest BCUT2D eigenvalue weighted by molar-refractivity contribution is -0.129. The van der Waals surface area contributed by atoms with E-state index in [-0.39, 0.29) is 23.8 Å². The van der Waals surface area contributed by atoms with Crippen molar-refractivity contribution in [3.8, 4) is 0 Å². The summed E-state index contributed by atoms with van der Waals surface area (Å²) in [5.74, 6) is 0.0680. The van der Waals surface area contributed by atoms with Crippen molar-refractivity contribution in [2.75, 3.05) is 6.54 Å². The van der Waals surface area contributed by atoms with Crippen LogP contribution in [0.4, 0.5) is 0 Å². The highest BCUT2D eigenvalue weighted by Gasteiger charge is 2.42. The van der Waals surface area contributed by atoms with Crippen molar-refractivity contribution in [1.82, 2.24) is 10.2 Å². The molecule has 4 nitrogen and oxygen atoms in total. The maximum atomic E-state index is 12.4. The minimum absolute atomic E-state index is 0.0595. The lowest BCUT2D eigenvalue weighted by atomic mass is 10.1. The molecule has 2 aliphatic carbocycles. The summed E-state index contributed by atoms with van der Waals surface area (Å²) in [6, 6.07) is 8.98. The summed E-state index contributed by atoms with van der Waals surface area (Å²) in [5.41, 5.74) is 2.68. The molecule has 0 bridgehead atoms. The van der Waals surface area contributed by atoms with Crippen molar-refractivity contribution in [3.63, 3.8) is 0 Å². The van der Waals surface area contributed by atoms with E-state index in [0.717, 1.165) is 25.7 Å². The molecule has 0 spiro atoms. The van der Waals surface area contributed by atoms with E-state index in [4.69, 9.17) is 0 Å². The van der Waals surface area contributed by atoms with Gasteiger partial charge in [-0.25, -0.2) is 0 Å². The Morgan fingerprint density at radius 2 is 1.76 bits per heavy atom. The third-order valence-electron chi connectivity index (χ3n) is 4.91. The predicted octanol–water partition coefficient (Wildman–Crippen LogP) is 1.28. The van der Waals surface area contributed by atoms with Gasteiger partial charge in [0.1, 0.15) is 0 Å². The third kappa shape index (κ3) is 2.43. The van der Waals surface area contributed by atoms with E-state index in [2.05, 4.69) is 17.4 Å². The molecule has 1 aliphatic heterocycles. The van der Waals surface area contributed by atoms with Crippen LogP contribution in [0.5, 0.6) is 0 Å². The first-order chi connectivity index (χ1) is 10.2. The minimum atomic E-state index is -0.151. The van der Waals surface area contributed by atoms with E-state index in [0.29, 0.717) is 19.0 Å². The molecular weight excluding hydrogens is 264 g/mol. The van der Waals surface area contributed by atoms with Crippen LogP contribution in [0.3, 0.4) is 0 Å². The standard InChI is InChI=1S/C17H20N2O2/c20-16-9-13(10-19(16)15-5-6-15)17(21)18-14-7-11-3-1-2-4-12(11)8-14/h1-4,13-15H,5-10H2,(H,18,21)/t13-/m1/s1. The molecule has 1 N–H and O–H groups in total. The smallest absolute Gasteiger partial charge is 0.225 e. The topological polar surface area (TPSA) is 49.4 Å². The summed E-state index contributed by atoms with van der Waals surface area (Å²) in [5, 5.41) is 3.15. The molecule has 1 atom stereocenters. The second-order valence-corrected chi connectivity index (χ2v) is 6.56. The Labute approximate surface area is 124 Å². The monoisotopic (exact) mass is 284 g/mol. The molecule has 0 radical (unpaired) electrons. The van der Waals surface area contributed by atoms with E-state index >= 15 is 0 Å². The highest BCUT2D eigenvalue weighted by Crippen LogP contribution is 2.32. The quantitative estimate of drug-likeness (QED) is 0.909. The molecule has 3 aliphatic rings. The van der Waals surface area contributed by atoms with E-state index < -0.39 is 0 Å². The molecule has 1 saturated carbocycles. The van der Waals surface area contributed by atoms with Crippen molar-refractivity contribution < 1.29 is 9.59 Å². The van der Waals surface area contributed by atoms with Crippen molar-refractivity contribution >= 4 is 11.8 Å². The molecular formula is C17H20N2O2. The fourth-order valence-electron chi connectivity index (χ4n) is 3.63. The Kier molecular flexibility index (Phi) is 2.98. The summed E-state index contributed by atoms with van der Waals surface area (Å²) in [7, 11) is 0. The zero-order valence-corrected chi connectivity index (χ0v) is 12.0. The Morgan fingerprint density at radius 1 is 1.10 bits per heavy atom. The van der Waals surface area contributed by atoms with Crippen molar-refractivity contribution in [3.05, 3.63) is 35.4 Å². The lowest BCUT2D eigenvalue weighted by Crippen LogP contribution is -2.40. The zero-order chi connectivity index (χ0) is 14.4. The van der Waals surface area contributed by atoms with Gasteiger partial charge in [0, 0.05) is 25.0 Å². The Hall–Kier alpha value is -1.84. The molecule has 0 unspecified atom stereocenters. The number of likely N-dealkylation sites (tertiary alicyclic amines) is 1. The van der Waals surface area contributed by atoms with Crippen molar-refractivity contribution in [2.24, 2.45) is 5.92 Å². The number of benzene rings is 1. The summed E-state index contributed by atoms with van der Waals surface area (Å²) in [6.45, 7) is 0.620. The van der Waals surface area contributed by atoms with Gasteiger partial charge in [0.25, 0.3) is 0 Å². The van der Waals surface area contributed by atoms with Crippen LogP contribution < -0.4 is 5.32 Å². The van der Waals surface area contributed by atoms with Crippen LogP contribution in [0.2, 0.25) is 0 Å². The van der Waals surface area contributed by atoms with Crippen LogP contribution in [-0.2, 0) is 22.4 Å². The van der Waals surface area contributed by atoms with Gasteiger partial charge in [0.15, 0.2) is 0 Å². The van der Waals surface area contributed by atoms with Gasteiger partial charge in [-0.3, -0.25) is 9.59 Å². The number of amides is 2. The second kappa shape index (κ2) is 4.86. The van der Waals surface area contributed by atoms with Crippen molar-refractivity contribution in [2.45, 2.75) is 44.2 Å². The molecule has 2 fully saturated rings. The summed E-state index contributed by atoms with van der Waals surface area (Å²) >= 11 is 0.